The molecular weight excluding hydrogens is 382 g/mol. The Morgan fingerprint density at radius 1 is 0.839 bits per heavy atom. The van der Waals surface area contributed by atoms with E-state index in [4.69, 9.17) is 0 Å². The highest BCUT2D eigenvalue weighted by Crippen LogP contribution is 2.30. The van der Waals surface area contributed by atoms with Gasteiger partial charge < -0.3 is 9.80 Å². The Bertz CT molecular complexity index is 778. The number of rotatable bonds is 10. The van der Waals surface area contributed by atoms with Crippen molar-refractivity contribution < 1.29 is 4.79 Å². The Morgan fingerprint density at radius 2 is 1.45 bits per heavy atom. The van der Waals surface area contributed by atoms with E-state index < -0.39 is 0 Å². The van der Waals surface area contributed by atoms with Crippen molar-refractivity contribution in [1.82, 2.24) is 14.7 Å². The molecule has 3 rings (SSSR count). The van der Waals surface area contributed by atoms with E-state index in [1.807, 2.05) is 30.9 Å². The van der Waals surface area contributed by atoms with Gasteiger partial charge in [0, 0.05) is 44.8 Å². The highest BCUT2D eigenvalue weighted by molar-refractivity contribution is 5.94. The van der Waals surface area contributed by atoms with Gasteiger partial charge in [0.1, 0.15) is 0 Å². The Morgan fingerprint density at radius 3 is 2.03 bits per heavy atom. The van der Waals surface area contributed by atoms with Crippen LogP contribution in [0.25, 0.3) is 0 Å². The Balaban J connectivity index is 1.76. The van der Waals surface area contributed by atoms with Crippen molar-refractivity contribution in [3.63, 3.8) is 0 Å². The first-order valence-corrected chi connectivity index (χ1v) is 12.1. The van der Waals surface area contributed by atoms with Gasteiger partial charge in [-0.25, -0.2) is 0 Å². The molecule has 0 aromatic heterocycles. The minimum absolute atomic E-state index is 0.119. The number of nitrogens with zero attached hydrogens (tertiary/aromatic N) is 3. The maximum Gasteiger partial charge on any atom is 0.253 e. The van der Waals surface area contributed by atoms with E-state index in [9.17, 15) is 4.79 Å². The van der Waals surface area contributed by atoms with E-state index in [-0.39, 0.29) is 11.9 Å². The summed E-state index contributed by atoms with van der Waals surface area (Å²) in [5.41, 5.74) is 3.37. The Labute approximate surface area is 188 Å². The molecule has 0 saturated carbocycles. The first kappa shape index (κ1) is 23.5. The third kappa shape index (κ3) is 6.18. The maximum absolute atomic E-state index is 12.7. The van der Waals surface area contributed by atoms with Gasteiger partial charge >= 0.3 is 0 Å². The predicted octanol–water partition coefficient (Wildman–Crippen LogP) is 5.07. The zero-order chi connectivity index (χ0) is 22.1. The van der Waals surface area contributed by atoms with Gasteiger partial charge in [0.05, 0.1) is 6.04 Å². The molecule has 0 aliphatic carbocycles. The molecule has 1 atom stereocenters. The molecular formula is C27H39N3O. The first-order valence-electron chi connectivity index (χ1n) is 12.1. The van der Waals surface area contributed by atoms with Crippen LogP contribution in [-0.2, 0) is 0 Å². The number of hydrogen-bond acceptors (Lipinski definition) is 3. The number of carbonyl (C=O) groups is 1. The van der Waals surface area contributed by atoms with Crippen LogP contribution in [-0.4, -0.2) is 66.4 Å². The molecule has 1 heterocycles. The lowest BCUT2D eigenvalue weighted by Crippen LogP contribution is -2.48. The van der Waals surface area contributed by atoms with Crippen molar-refractivity contribution in [1.29, 1.82) is 0 Å². The third-order valence-electron chi connectivity index (χ3n) is 6.49. The van der Waals surface area contributed by atoms with E-state index in [0.717, 1.165) is 44.8 Å². The van der Waals surface area contributed by atoms with E-state index >= 15 is 0 Å². The number of hydrogen-bond donors (Lipinski definition) is 0. The van der Waals surface area contributed by atoms with E-state index in [1.165, 1.54) is 36.9 Å². The largest absolute Gasteiger partial charge is 0.339 e. The zero-order valence-electron chi connectivity index (χ0n) is 19.6. The first-order chi connectivity index (χ1) is 15.2. The predicted molar refractivity (Wildman–Crippen MR) is 130 cm³/mol. The van der Waals surface area contributed by atoms with Gasteiger partial charge in [-0.2, -0.15) is 0 Å². The third-order valence-corrected chi connectivity index (χ3v) is 6.49. The lowest BCUT2D eigenvalue weighted by molar-refractivity contribution is 0.0773. The monoisotopic (exact) mass is 421 g/mol. The molecule has 4 nitrogen and oxygen atoms in total. The summed E-state index contributed by atoms with van der Waals surface area (Å²) in [6.07, 6.45) is 3.91. The molecule has 2 aromatic carbocycles. The average Bonchev–Trinajstić information content (AvgIpc) is 2.82. The molecule has 4 heteroatoms. The van der Waals surface area contributed by atoms with Gasteiger partial charge in [0.25, 0.3) is 5.91 Å². The summed E-state index contributed by atoms with van der Waals surface area (Å²) in [5.74, 6) is 0.119. The molecule has 1 fully saturated rings. The van der Waals surface area contributed by atoms with Crippen molar-refractivity contribution in [3.8, 4) is 0 Å². The zero-order valence-corrected chi connectivity index (χ0v) is 19.6. The fraction of sp³-hybridized carbons (Fsp3) is 0.519. The molecule has 1 aliphatic rings. The second kappa shape index (κ2) is 12.0. The summed E-state index contributed by atoms with van der Waals surface area (Å²) >= 11 is 0. The number of amides is 1. The number of unbranched alkanes of at least 4 members (excludes halogenated alkanes) is 2. The molecule has 1 amide bonds. The summed E-state index contributed by atoms with van der Waals surface area (Å²) < 4.78 is 0. The Kier molecular flexibility index (Phi) is 9.11. The van der Waals surface area contributed by atoms with Crippen molar-refractivity contribution >= 4 is 5.91 Å². The summed E-state index contributed by atoms with van der Waals surface area (Å²) in [6, 6.07) is 19.3. The smallest absolute Gasteiger partial charge is 0.253 e. The number of piperazine rings is 1. The second-order valence-electron chi connectivity index (χ2n) is 8.50. The van der Waals surface area contributed by atoms with Crippen LogP contribution in [0.1, 0.15) is 67.6 Å². The lowest BCUT2D eigenvalue weighted by Gasteiger charge is -2.40. The van der Waals surface area contributed by atoms with Crippen molar-refractivity contribution in [2.24, 2.45) is 0 Å². The SMILES string of the molecule is CCCCCN1CCN([C@@H](c2ccccc2)c2ccc(C(=O)N(CC)CC)cc2)CC1. The van der Waals surface area contributed by atoms with Gasteiger partial charge in [-0.1, -0.05) is 62.2 Å². The molecule has 1 aliphatic heterocycles. The van der Waals surface area contributed by atoms with Gasteiger partial charge in [-0.3, -0.25) is 9.69 Å². The lowest BCUT2D eigenvalue weighted by atomic mass is 9.95. The van der Waals surface area contributed by atoms with Gasteiger partial charge in [-0.05, 0) is 50.1 Å². The van der Waals surface area contributed by atoms with Crippen molar-refractivity contribution in [2.45, 2.75) is 46.1 Å². The molecule has 2 aromatic rings. The Hall–Kier alpha value is -2.17. The molecule has 0 spiro atoms. The maximum atomic E-state index is 12.7. The van der Waals surface area contributed by atoms with Crippen LogP contribution >= 0.6 is 0 Å². The fourth-order valence-corrected chi connectivity index (χ4v) is 4.58. The van der Waals surface area contributed by atoms with Crippen LogP contribution in [0.4, 0.5) is 0 Å². The van der Waals surface area contributed by atoms with Gasteiger partial charge in [0.2, 0.25) is 0 Å². The molecule has 168 valence electrons. The molecule has 0 radical (unpaired) electrons. The topological polar surface area (TPSA) is 26.8 Å². The normalized spacial score (nSPS) is 16.2. The van der Waals surface area contributed by atoms with Gasteiger partial charge in [0.15, 0.2) is 0 Å². The summed E-state index contributed by atoms with van der Waals surface area (Å²) in [7, 11) is 0. The molecule has 0 bridgehead atoms. The molecule has 0 unspecified atom stereocenters. The highest BCUT2D eigenvalue weighted by atomic mass is 16.2. The average molecular weight is 422 g/mol. The summed E-state index contributed by atoms with van der Waals surface area (Å²) in [5, 5.41) is 0. The molecule has 1 saturated heterocycles. The number of carbonyl (C=O) groups excluding carboxylic acids is 1. The highest BCUT2D eigenvalue weighted by Gasteiger charge is 2.26. The molecule has 0 N–H and O–H groups in total. The standard InChI is InChI=1S/C27H39N3O/c1-4-7-11-18-28-19-21-30(22-20-28)26(23-12-9-8-10-13-23)24-14-16-25(17-15-24)27(31)29(5-2)6-3/h8-10,12-17,26H,4-7,11,18-22H2,1-3H3/t26-/m0/s1. The summed E-state index contributed by atoms with van der Waals surface area (Å²) in [6.45, 7) is 13.4. The van der Waals surface area contributed by atoms with Crippen LogP contribution < -0.4 is 0 Å². The minimum Gasteiger partial charge on any atom is -0.339 e. The van der Waals surface area contributed by atoms with Crippen molar-refractivity contribution in [2.75, 3.05) is 45.8 Å². The van der Waals surface area contributed by atoms with Crippen LogP contribution in [0, 0.1) is 0 Å². The van der Waals surface area contributed by atoms with Crippen LogP contribution in [0.15, 0.2) is 54.6 Å². The van der Waals surface area contributed by atoms with E-state index in [0.29, 0.717) is 0 Å². The fourth-order valence-electron chi connectivity index (χ4n) is 4.58. The minimum atomic E-state index is 0.119. The van der Waals surface area contributed by atoms with Crippen molar-refractivity contribution in [3.05, 3.63) is 71.3 Å². The van der Waals surface area contributed by atoms with Crippen LogP contribution in [0.3, 0.4) is 0 Å². The summed E-state index contributed by atoms with van der Waals surface area (Å²) in [4.78, 5) is 19.8. The van der Waals surface area contributed by atoms with Crippen LogP contribution in [0.2, 0.25) is 0 Å². The second-order valence-corrected chi connectivity index (χ2v) is 8.50. The number of benzene rings is 2. The molecule has 31 heavy (non-hydrogen) atoms. The quantitative estimate of drug-likeness (QED) is 0.501. The van der Waals surface area contributed by atoms with Gasteiger partial charge in [-0.15, -0.1) is 0 Å². The van der Waals surface area contributed by atoms with Crippen LogP contribution in [0.5, 0.6) is 0 Å². The van der Waals surface area contributed by atoms with E-state index in [1.54, 1.807) is 0 Å². The van der Waals surface area contributed by atoms with E-state index in [2.05, 4.69) is 59.2 Å².